The second-order valence-corrected chi connectivity index (χ2v) is 7.38. The molecule has 0 saturated carbocycles. The predicted molar refractivity (Wildman–Crippen MR) is 96.9 cm³/mol. The molecule has 0 fully saturated rings. The van der Waals surface area contributed by atoms with Gasteiger partial charge in [0.05, 0.1) is 5.69 Å². The van der Waals surface area contributed by atoms with Crippen LogP contribution in [0.15, 0.2) is 57.8 Å². The summed E-state index contributed by atoms with van der Waals surface area (Å²) in [5.41, 5.74) is 1.25. The minimum Gasteiger partial charge on any atom is -0.489 e. The Labute approximate surface area is 151 Å². The number of nitrogens with zero attached hydrogens (tertiary/aromatic N) is 1. The highest BCUT2D eigenvalue weighted by atomic mass is 32.2. The van der Waals surface area contributed by atoms with Gasteiger partial charge >= 0.3 is 5.97 Å². The molecule has 0 aromatic heterocycles. The van der Waals surface area contributed by atoms with E-state index in [9.17, 15) is 18.3 Å². The van der Waals surface area contributed by atoms with Crippen molar-refractivity contribution in [2.45, 2.75) is 24.8 Å². The lowest BCUT2D eigenvalue weighted by atomic mass is 10.1. The highest BCUT2D eigenvalue weighted by Crippen LogP contribution is 2.32. The average molecular weight is 374 g/mol. The van der Waals surface area contributed by atoms with Crippen LogP contribution < -0.4 is 10.1 Å². The van der Waals surface area contributed by atoms with Gasteiger partial charge in [-0.3, -0.25) is 4.79 Å². The van der Waals surface area contributed by atoms with Crippen molar-refractivity contribution in [3.8, 4) is 5.75 Å². The molecule has 136 valence electrons. The summed E-state index contributed by atoms with van der Waals surface area (Å²) < 4.78 is 34.3. The number of hydrogen-bond acceptors (Lipinski definition) is 5. The van der Waals surface area contributed by atoms with Gasteiger partial charge in [-0.25, -0.2) is 0 Å². The summed E-state index contributed by atoms with van der Waals surface area (Å²) in [7, 11) is -4.00. The Morgan fingerprint density at radius 1 is 1.23 bits per heavy atom. The van der Waals surface area contributed by atoms with E-state index in [2.05, 4.69) is 9.71 Å². The van der Waals surface area contributed by atoms with Crippen LogP contribution in [0.1, 0.15) is 18.9 Å². The fourth-order valence-corrected chi connectivity index (χ4v) is 3.82. The summed E-state index contributed by atoms with van der Waals surface area (Å²) >= 11 is 0. The maximum atomic E-state index is 12.5. The molecule has 7 nitrogen and oxygen atoms in total. The third kappa shape index (κ3) is 3.70. The van der Waals surface area contributed by atoms with E-state index in [1.54, 1.807) is 19.1 Å². The highest BCUT2D eigenvalue weighted by molar-refractivity contribution is 7.90. The van der Waals surface area contributed by atoms with E-state index in [-0.39, 0.29) is 17.2 Å². The minimum absolute atomic E-state index is 0.0351. The molecule has 1 atom stereocenters. The smallest absolute Gasteiger partial charge is 0.314 e. The number of ether oxygens (including phenoxy) is 1. The number of sulfonamides is 1. The topological polar surface area (TPSA) is 105 Å². The molecule has 0 spiro atoms. The maximum Gasteiger partial charge on any atom is 0.314 e. The van der Waals surface area contributed by atoms with Crippen LogP contribution in [-0.4, -0.2) is 25.3 Å². The van der Waals surface area contributed by atoms with Crippen molar-refractivity contribution in [1.82, 2.24) is 0 Å². The number of carboxylic acid groups (broad SMARTS) is 1. The number of carbonyl (C=O) groups is 1. The molecule has 1 aliphatic heterocycles. The first-order chi connectivity index (χ1) is 12.4. The lowest BCUT2D eigenvalue weighted by Gasteiger charge is -2.22. The van der Waals surface area contributed by atoms with Crippen molar-refractivity contribution >= 4 is 27.5 Å². The number of rotatable bonds is 6. The quantitative estimate of drug-likeness (QED) is 0.805. The summed E-state index contributed by atoms with van der Waals surface area (Å²) in [5.74, 6) is -1.82. The number of nitrogens with one attached hydrogen (secondary N) is 1. The van der Waals surface area contributed by atoms with Gasteiger partial charge in [0.25, 0.3) is 10.0 Å². The van der Waals surface area contributed by atoms with E-state index >= 15 is 0 Å². The average Bonchev–Trinajstić information content (AvgIpc) is 2.61. The molecule has 1 unspecified atom stereocenters. The molecule has 2 aromatic carbocycles. The fourth-order valence-electron chi connectivity index (χ4n) is 2.63. The number of benzene rings is 2. The van der Waals surface area contributed by atoms with Gasteiger partial charge in [0.15, 0.2) is 0 Å². The summed E-state index contributed by atoms with van der Waals surface area (Å²) in [6, 6.07) is 14.1. The molecule has 1 heterocycles. The van der Waals surface area contributed by atoms with Gasteiger partial charge in [-0.2, -0.15) is 8.42 Å². The van der Waals surface area contributed by atoms with Crippen LogP contribution in [0.25, 0.3) is 0 Å². The Morgan fingerprint density at radius 2 is 1.96 bits per heavy atom. The van der Waals surface area contributed by atoms with Crippen molar-refractivity contribution < 1.29 is 23.1 Å². The number of carboxylic acids is 1. The molecular weight excluding hydrogens is 356 g/mol. The molecule has 8 heteroatoms. The SMILES string of the molecule is CCC(C(=O)O)C1=NS(=O)(=O)c2cc(OCc3ccccc3)ccc2N1. The lowest BCUT2D eigenvalue weighted by molar-refractivity contribution is -0.139. The van der Waals surface area contributed by atoms with Crippen LogP contribution in [0.4, 0.5) is 5.69 Å². The van der Waals surface area contributed by atoms with Gasteiger partial charge < -0.3 is 15.2 Å². The number of aliphatic carboxylic acids is 1. The normalized spacial score (nSPS) is 16.0. The van der Waals surface area contributed by atoms with Gasteiger partial charge in [-0.1, -0.05) is 37.3 Å². The standard InChI is InChI=1S/C18H18N2O5S/c1-2-14(18(21)22)17-19-15-9-8-13(10-16(15)26(23,24)20-17)25-11-12-6-4-3-5-7-12/h3-10,14H,2,11H2,1H3,(H,19,20)(H,21,22). The van der Waals surface area contributed by atoms with Crippen LogP contribution in [0.2, 0.25) is 0 Å². The number of anilines is 1. The predicted octanol–water partition coefficient (Wildman–Crippen LogP) is 2.89. The Hall–Kier alpha value is -2.87. The van der Waals surface area contributed by atoms with Crippen LogP contribution in [0.3, 0.4) is 0 Å². The van der Waals surface area contributed by atoms with Crippen LogP contribution in [0.5, 0.6) is 5.75 Å². The summed E-state index contributed by atoms with van der Waals surface area (Å²) in [4.78, 5) is 11.3. The van der Waals surface area contributed by atoms with E-state index in [4.69, 9.17) is 4.74 Å². The van der Waals surface area contributed by atoms with Crippen LogP contribution >= 0.6 is 0 Å². The van der Waals surface area contributed by atoms with Gasteiger partial charge in [0.1, 0.15) is 29.0 Å². The molecule has 0 bridgehead atoms. The largest absolute Gasteiger partial charge is 0.489 e. The van der Waals surface area contributed by atoms with Gasteiger partial charge in [-0.15, -0.1) is 4.40 Å². The first-order valence-corrected chi connectivity index (χ1v) is 9.50. The van der Waals surface area contributed by atoms with Crippen LogP contribution in [-0.2, 0) is 21.4 Å². The second kappa shape index (κ2) is 7.17. The second-order valence-electron chi connectivity index (χ2n) is 5.81. The summed E-state index contributed by atoms with van der Waals surface area (Å²) in [6.45, 7) is 1.96. The van der Waals surface area contributed by atoms with Crippen molar-refractivity contribution in [2.75, 3.05) is 5.32 Å². The Bertz CT molecular complexity index is 955. The van der Waals surface area contributed by atoms with E-state index in [1.165, 1.54) is 6.07 Å². The first kappa shape index (κ1) is 17.9. The van der Waals surface area contributed by atoms with Gasteiger partial charge in [0.2, 0.25) is 0 Å². The zero-order valence-corrected chi connectivity index (χ0v) is 14.9. The summed E-state index contributed by atoms with van der Waals surface area (Å²) in [6.07, 6.45) is 0.226. The van der Waals surface area contributed by atoms with E-state index in [0.29, 0.717) is 18.0 Å². The summed E-state index contributed by atoms with van der Waals surface area (Å²) in [5, 5.41) is 12.1. The molecule has 3 rings (SSSR count). The van der Waals surface area contributed by atoms with Crippen molar-refractivity contribution in [3.63, 3.8) is 0 Å². The van der Waals surface area contributed by atoms with Gasteiger partial charge in [0, 0.05) is 6.07 Å². The Kier molecular flexibility index (Phi) is 4.94. The Balaban J connectivity index is 1.86. The molecule has 26 heavy (non-hydrogen) atoms. The molecule has 1 aliphatic rings. The zero-order chi connectivity index (χ0) is 18.7. The monoisotopic (exact) mass is 374 g/mol. The maximum absolute atomic E-state index is 12.5. The van der Waals surface area contributed by atoms with Crippen molar-refractivity contribution in [1.29, 1.82) is 0 Å². The molecule has 0 radical (unpaired) electrons. The van der Waals surface area contributed by atoms with E-state index in [1.807, 2.05) is 30.3 Å². The lowest BCUT2D eigenvalue weighted by Crippen LogP contribution is -2.33. The fraction of sp³-hybridized carbons (Fsp3) is 0.222. The molecule has 2 N–H and O–H groups in total. The molecule has 2 aromatic rings. The van der Waals surface area contributed by atoms with Gasteiger partial charge in [-0.05, 0) is 24.1 Å². The van der Waals surface area contributed by atoms with E-state index in [0.717, 1.165) is 5.56 Å². The zero-order valence-electron chi connectivity index (χ0n) is 14.0. The third-order valence-electron chi connectivity index (χ3n) is 4.00. The number of amidine groups is 1. The number of hydrogen-bond donors (Lipinski definition) is 2. The molecule has 0 amide bonds. The van der Waals surface area contributed by atoms with Crippen LogP contribution in [0, 0.1) is 5.92 Å². The number of fused-ring (bicyclic) bond motifs is 1. The van der Waals surface area contributed by atoms with Crippen molar-refractivity contribution in [3.05, 3.63) is 54.1 Å². The molecular formula is C18H18N2O5S. The molecule has 0 aliphatic carbocycles. The highest BCUT2D eigenvalue weighted by Gasteiger charge is 2.31. The minimum atomic E-state index is -4.00. The van der Waals surface area contributed by atoms with E-state index < -0.39 is 21.9 Å². The first-order valence-electron chi connectivity index (χ1n) is 8.06. The van der Waals surface area contributed by atoms with Crippen molar-refractivity contribution in [2.24, 2.45) is 10.3 Å². The molecule has 0 saturated heterocycles. The Morgan fingerprint density at radius 3 is 2.62 bits per heavy atom. The third-order valence-corrected chi connectivity index (χ3v) is 5.33.